The summed E-state index contributed by atoms with van der Waals surface area (Å²) in [7, 11) is 0. The van der Waals surface area contributed by atoms with Crippen molar-refractivity contribution in [2.75, 3.05) is 5.32 Å². The minimum absolute atomic E-state index is 0.168. The zero-order valence-corrected chi connectivity index (χ0v) is 23.0. The van der Waals surface area contributed by atoms with Crippen molar-refractivity contribution in [1.82, 2.24) is 9.78 Å². The lowest BCUT2D eigenvalue weighted by molar-refractivity contribution is 0.102. The predicted molar refractivity (Wildman–Crippen MR) is 147 cm³/mol. The summed E-state index contributed by atoms with van der Waals surface area (Å²) in [4.78, 5) is 13.1. The molecule has 10 heteroatoms. The summed E-state index contributed by atoms with van der Waals surface area (Å²) in [5.74, 6) is 0.0675. The van der Waals surface area contributed by atoms with Crippen LogP contribution in [-0.4, -0.2) is 15.7 Å². The average Bonchev–Trinajstić information content (AvgIpc) is 3.08. The molecule has 0 atom stereocenters. The molecule has 36 heavy (non-hydrogen) atoms. The SMILES string of the molecule is Cc1nn(Cc2ccc(Cl)c(Cl)c2)c(C)c1NC(=O)c1cccc(COc2c(Cl)cc(Cl)cc2Cl)c1. The van der Waals surface area contributed by atoms with Gasteiger partial charge in [-0.1, -0.05) is 76.2 Å². The lowest BCUT2D eigenvalue weighted by atomic mass is 10.1. The number of aryl methyl sites for hydroxylation is 1. The predicted octanol–water partition coefficient (Wildman–Crippen LogP) is 8.65. The normalized spacial score (nSPS) is 11.0. The second kappa shape index (κ2) is 11.3. The van der Waals surface area contributed by atoms with E-state index in [0.29, 0.717) is 54.4 Å². The van der Waals surface area contributed by atoms with Crippen molar-refractivity contribution in [3.63, 3.8) is 0 Å². The topological polar surface area (TPSA) is 56.2 Å². The molecule has 186 valence electrons. The van der Waals surface area contributed by atoms with Gasteiger partial charge in [0.1, 0.15) is 6.61 Å². The molecule has 0 saturated carbocycles. The first kappa shape index (κ1) is 26.6. The van der Waals surface area contributed by atoms with E-state index in [1.54, 1.807) is 42.5 Å². The van der Waals surface area contributed by atoms with E-state index >= 15 is 0 Å². The highest BCUT2D eigenvalue weighted by Gasteiger charge is 2.17. The van der Waals surface area contributed by atoms with E-state index in [0.717, 1.165) is 16.8 Å². The van der Waals surface area contributed by atoms with E-state index in [-0.39, 0.29) is 12.5 Å². The van der Waals surface area contributed by atoms with E-state index in [2.05, 4.69) is 10.4 Å². The maximum absolute atomic E-state index is 13.1. The highest BCUT2D eigenvalue weighted by molar-refractivity contribution is 6.42. The number of rotatable bonds is 7. The molecule has 1 amide bonds. The first-order chi connectivity index (χ1) is 17.1. The second-order valence-corrected chi connectivity index (χ2v) is 10.2. The Morgan fingerprint density at radius 2 is 1.61 bits per heavy atom. The van der Waals surface area contributed by atoms with E-state index in [1.165, 1.54) is 0 Å². The van der Waals surface area contributed by atoms with Crippen molar-refractivity contribution in [2.24, 2.45) is 0 Å². The molecule has 0 radical (unpaired) electrons. The summed E-state index contributed by atoms with van der Waals surface area (Å²) < 4.78 is 7.60. The Balaban J connectivity index is 1.47. The lowest BCUT2D eigenvalue weighted by Crippen LogP contribution is -2.14. The number of amides is 1. The maximum Gasteiger partial charge on any atom is 0.255 e. The number of hydrogen-bond donors (Lipinski definition) is 1. The molecule has 0 saturated heterocycles. The first-order valence-electron chi connectivity index (χ1n) is 10.8. The molecule has 4 rings (SSSR count). The Morgan fingerprint density at radius 1 is 0.889 bits per heavy atom. The smallest absolute Gasteiger partial charge is 0.255 e. The van der Waals surface area contributed by atoms with E-state index in [1.807, 2.05) is 30.7 Å². The molecule has 0 aliphatic rings. The molecule has 1 heterocycles. The molecule has 5 nitrogen and oxygen atoms in total. The van der Waals surface area contributed by atoms with Gasteiger partial charge in [-0.05, 0) is 61.4 Å². The molecular formula is C26H20Cl5N3O2. The summed E-state index contributed by atoms with van der Waals surface area (Å²) in [5, 5.41) is 9.57. The fourth-order valence-electron chi connectivity index (χ4n) is 3.65. The summed E-state index contributed by atoms with van der Waals surface area (Å²) in [6, 6.07) is 15.7. The van der Waals surface area contributed by atoms with Crippen molar-refractivity contribution < 1.29 is 9.53 Å². The molecule has 0 fully saturated rings. The highest BCUT2D eigenvalue weighted by Crippen LogP contribution is 2.36. The molecule has 3 aromatic carbocycles. The van der Waals surface area contributed by atoms with Gasteiger partial charge in [-0.2, -0.15) is 5.10 Å². The van der Waals surface area contributed by atoms with Crippen molar-refractivity contribution in [1.29, 1.82) is 0 Å². The van der Waals surface area contributed by atoms with Gasteiger partial charge in [-0.3, -0.25) is 9.48 Å². The van der Waals surface area contributed by atoms with Crippen molar-refractivity contribution in [3.05, 3.63) is 108 Å². The summed E-state index contributed by atoms with van der Waals surface area (Å²) >= 11 is 30.5. The van der Waals surface area contributed by atoms with Crippen LogP contribution in [0.15, 0.2) is 54.6 Å². The van der Waals surface area contributed by atoms with Gasteiger partial charge in [-0.25, -0.2) is 0 Å². The van der Waals surface area contributed by atoms with Crippen LogP contribution in [-0.2, 0) is 13.2 Å². The van der Waals surface area contributed by atoms with Crippen molar-refractivity contribution >= 4 is 69.6 Å². The summed E-state index contributed by atoms with van der Waals surface area (Å²) in [5.41, 5.74) is 4.36. The van der Waals surface area contributed by atoms with Gasteiger partial charge in [0.25, 0.3) is 5.91 Å². The Bertz CT molecular complexity index is 1430. The van der Waals surface area contributed by atoms with Gasteiger partial charge in [0.2, 0.25) is 0 Å². The summed E-state index contributed by atoms with van der Waals surface area (Å²) in [6.45, 7) is 4.40. The Labute approximate surface area is 233 Å². The number of benzene rings is 3. The zero-order valence-electron chi connectivity index (χ0n) is 19.2. The van der Waals surface area contributed by atoms with Crippen LogP contribution in [0.25, 0.3) is 0 Å². The third-order valence-electron chi connectivity index (χ3n) is 5.47. The molecule has 0 unspecified atom stereocenters. The van der Waals surface area contributed by atoms with Crippen LogP contribution < -0.4 is 10.1 Å². The third-order valence-corrected chi connectivity index (χ3v) is 6.99. The number of anilines is 1. The molecule has 0 spiro atoms. The fraction of sp³-hybridized carbons (Fsp3) is 0.154. The Morgan fingerprint density at radius 3 is 2.31 bits per heavy atom. The lowest BCUT2D eigenvalue weighted by Gasteiger charge is -2.12. The van der Waals surface area contributed by atoms with Gasteiger partial charge >= 0.3 is 0 Å². The zero-order chi connectivity index (χ0) is 26.0. The van der Waals surface area contributed by atoms with Crippen LogP contribution >= 0.6 is 58.0 Å². The molecule has 1 aromatic heterocycles. The van der Waals surface area contributed by atoms with Gasteiger partial charge in [-0.15, -0.1) is 0 Å². The Hall–Kier alpha value is -2.41. The molecular weight excluding hydrogens is 564 g/mol. The van der Waals surface area contributed by atoms with Gasteiger partial charge < -0.3 is 10.1 Å². The number of nitrogens with zero attached hydrogens (tertiary/aromatic N) is 2. The van der Waals surface area contributed by atoms with Crippen LogP contribution in [0.3, 0.4) is 0 Å². The minimum Gasteiger partial charge on any atom is -0.486 e. The number of nitrogens with one attached hydrogen (secondary N) is 1. The van der Waals surface area contributed by atoms with E-state index in [9.17, 15) is 4.79 Å². The number of aromatic nitrogens is 2. The Kier molecular flexibility index (Phi) is 8.38. The van der Waals surface area contributed by atoms with Crippen LogP contribution in [0.5, 0.6) is 5.75 Å². The van der Waals surface area contributed by atoms with Gasteiger partial charge in [0.15, 0.2) is 5.75 Å². The minimum atomic E-state index is -0.264. The average molecular weight is 584 g/mol. The van der Waals surface area contributed by atoms with Crippen LogP contribution in [0.4, 0.5) is 5.69 Å². The van der Waals surface area contributed by atoms with Crippen LogP contribution in [0, 0.1) is 13.8 Å². The number of ether oxygens (including phenoxy) is 1. The number of carbonyl (C=O) groups is 1. The maximum atomic E-state index is 13.1. The van der Waals surface area contributed by atoms with Crippen LogP contribution in [0.1, 0.15) is 32.9 Å². The van der Waals surface area contributed by atoms with E-state index in [4.69, 9.17) is 62.7 Å². The van der Waals surface area contributed by atoms with Gasteiger partial charge in [0.05, 0.1) is 43.7 Å². The standard InChI is InChI=1S/C26H20Cl5N3O2/c1-14-24(15(2)34(33-14)12-16-6-7-20(28)21(29)9-16)32-26(35)18-5-3-4-17(8-18)13-36-25-22(30)10-19(27)11-23(25)31/h3-11H,12-13H2,1-2H3,(H,32,35). The molecule has 1 N–H and O–H groups in total. The molecule has 0 aliphatic heterocycles. The third kappa shape index (κ3) is 6.10. The fourth-order valence-corrected chi connectivity index (χ4v) is 4.90. The molecule has 4 aromatic rings. The summed E-state index contributed by atoms with van der Waals surface area (Å²) in [6.07, 6.45) is 0. The monoisotopic (exact) mass is 581 g/mol. The van der Waals surface area contributed by atoms with Crippen LogP contribution in [0.2, 0.25) is 25.1 Å². The molecule has 0 bridgehead atoms. The molecule has 0 aliphatic carbocycles. The number of carbonyl (C=O) groups excluding carboxylic acids is 1. The number of hydrogen-bond acceptors (Lipinski definition) is 3. The largest absolute Gasteiger partial charge is 0.486 e. The quantitative estimate of drug-likeness (QED) is 0.237. The highest BCUT2D eigenvalue weighted by atomic mass is 35.5. The van der Waals surface area contributed by atoms with E-state index < -0.39 is 0 Å². The first-order valence-corrected chi connectivity index (χ1v) is 12.7. The van der Waals surface area contributed by atoms with Crippen molar-refractivity contribution in [2.45, 2.75) is 27.0 Å². The van der Waals surface area contributed by atoms with Crippen molar-refractivity contribution in [3.8, 4) is 5.75 Å². The number of halogens is 5. The van der Waals surface area contributed by atoms with Gasteiger partial charge in [0, 0.05) is 10.6 Å². The second-order valence-electron chi connectivity index (χ2n) is 8.09.